The fourth-order valence-corrected chi connectivity index (χ4v) is 1.79. The predicted octanol–water partition coefficient (Wildman–Crippen LogP) is 2.32. The summed E-state index contributed by atoms with van der Waals surface area (Å²) < 4.78 is 7.82. The molecule has 0 amide bonds. The van der Waals surface area contributed by atoms with Crippen molar-refractivity contribution < 1.29 is 4.74 Å². The summed E-state index contributed by atoms with van der Waals surface area (Å²) in [5.74, 6) is 1.05. The number of hydrogen-bond acceptors (Lipinski definition) is 3. The molecule has 1 rings (SSSR count). The fourth-order valence-electron chi connectivity index (χ4n) is 1.54. The van der Waals surface area contributed by atoms with E-state index in [9.17, 15) is 0 Å². The van der Waals surface area contributed by atoms with Crippen LogP contribution in [-0.2, 0) is 17.7 Å². The molecule has 0 spiro atoms. The summed E-state index contributed by atoms with van der Waals surface area (Å²) in [7, 11) is 1.74. The van der Waals surface area contributed by atoms with Crippen LogP contribution >= 0.6 is 12.2 Å². The number of H-pyrrole nitrogens is 1. The molecule has 0 radical (unpaired) electrons. The summed E-state index contributed by atoms with van der Waals surface area (Å²) in [6, 6.07) is 0. The van der Waals surface area contributed by atoms with Gasteiger partial charge >= 0.3 is 0 Å². The highest BCUT2D eigenvalue weighted by atomic mass is 32.1. The number of aromatic nitrogens is 3. The zero-order chi connectivity index (χ0) is 11.1. The van der Waals surface area contributed by atoms with Gasteiger partial charge in [-0.3, -0.25) is 5.10 Å². The lowest BCUT2D eigenvalue weighted by Gasteiger charge is -2.04. The summed E-state index contributed by atoms with van der Waals surface area (Å²) in [6.07, 6.45) is 4.34. The maximum absolute atomic E-state index is 5.16. The van der Waals surface area contributed by atoms with Crippen LogP contribution in [0.15, 0.2) is 0 Å². The first-order valence-corrected chi connectivity index (χ1v) is 5.83. The van der Waals surface area contributed by atoms with Crippen LogP contribution in [0, 0.1) is 4.77 Å². The third-order valence-electron chi connectivity index (χ3n) is 2.38. The van der Waals surface area contributed by atoms with Crippen molar-refractivity contribution in [3.8, 4) is 0 Å². The maximum Gasteiger partial charge on any atom is 0.195 e. The van der Waals surface area contributed by atoms with E-state index in [2.05, 4.69) is 21.7 Å². The van der Waals surface area contributed by atoms with Crippen molar-refractivity contribution in [1.82, 2.24) is 14.8 Å². The van der Waals surface area contributed by atoms with Gasteiger partial charge in [-0.1, -0.05) is 6.92 Å². The molecule has 4 nitrogen and oxygen atoms in total. The van der Waals surface area contributed by atoms with Gasteiger partial charge in [0.05, 0.1) is 0 Å². The van der Waals surface area contributed by atoms with Gasteiger partial charge in [0.15, 0.2) is 4.77 Å². The molecule has 0 aliphatic heterocycles. The molecule has 1 aromatic rings. The van der Waals surface area contributed by atoms with Gasteiger partial charge in [0.1, 0.15) is 5.82 Å². The predicted molar refractivity (Wildman–Crippen MR) is 62.5 cm³/mol. The topological polar surface area (TPSA) is 42.8 Å². The smallest absolute Gasteiger partial charge is 0.195 e. The van der Waals surface area contributed by atoms with Gasteiger partial charge in [0, 0.05) is 26.7 Å². The van der Waals surface area contributed by atoms with Crippen LogP contribution in [0.2, 0.25) is 0 Å². The number of unbranched alkanes of at least 4 members (excludes halogenated alkanes) is 2. The number of hydrogen-bond donors (Lipinski definition) is 1. The molecule has 0 saturated carbocycles. The Hall–Kier alpha value is -0.680. The van der Waals surface area contributed by atoms with Gasteiger partial charge < -0.3 is 9.30 Å². The minimum atomic E-state index is 0.735. The van der Waals surface area contributed by atoms with Crippen LogP contribution in [0.3, 0.4) is 0 Å². The number of nitrogens with zero attached hydrogens (tertiary/aromatic N) is 2. The highest BCUT2D eigenvalue weighted by Gasteiger charge is 2.02. The molecular formula is C10H19N3OS. The molecule has 0 aliphatic rings. The lowest BCUT2D eigenvalue weighted by atomic mass is 10.2. The third kappa shape index (κ3) is 3.76. The molecule has 5 heteroatoms. The summed E-state index contributed by atoms with van der Waals surface area (Å²) in [5.41, 5.74) is 0. The van der Waals surface area contributed by atoms with Gasteiger partial charge in [-0.2, -0.15) is 5.10 Å². The second-order valence-electron chi connectivity index (χ2n) is 3.50. The highest BCUT2D eigenvalue weighted by Crippen LogP contribution is 2.04. The van der Waals surface area contributed by atoms with Crippen molar-refractivity contribution in [3.63, 3.8) is 0 Å². The van der Waals surface area contributed by atoms with Crippen molar-refractivity contribution in [1.29, 1.82) is 0 Å². The molecule has 15 heavy (non-hydrogen) atoms. The van der Waals surface area contributed by atoms with Gasteiger partial charge in [-0.25, -0.2) is 0 Å². The van der Waals surface area contributed by atoms with Gasteiger partial charge in [0.25, 0.3) is 0 Å². The highest BCUT2D eigenvalue weighted by molar-refractivity contribution is 7.71. The molecule has 1 N–H and O–H groups in total. The Morgan fingerprint density at radius 1 is 1.40 bits per heavy atom. The van der Waals surface area contributed by atoms with Crippen molar-refractivity contribution in [2.45, 2.75) is 39.2 Å². The van der Waals surface area contributed by atoms with Crippen LogP contribution < -0.4 is 0 Å². The number of methoxy groups -OCH3 is 1. The number of nitrogens with one attached hydrogen (secondary N) is 1. The van der Waals surface area contributed by atoms with Crippen molar-refractivity contribution in [3.05, 3.63) is 10.6 Å². The third-order valence-corrected chi connectivity index (χ3v) is 2.70. The number of aryl methyl sites for hydroxylation is 1. The molecule has 0 unspecified atom stereocenters. The second kappa shape index (κ2) is 6.74. The fraction of sp³-hybridized carbons (Fsp3) is 0.800. The quantitative estimate of drug-likeness (QED) is 0.576. The van der Waals surface area contributed by atoms with Crippen LogP contribution in [0.5, 0.6) is 0 Å². The average Bonchev–Trinajstić information content (AvgIpc) is 2.60. The molecule has 86 valence electrons. The lowest BCUT2D eigenvalue weighted by molar-refractivity contribution is 0.191. The van der Waals surface area contributed by atoms with E-state index in [1.165, 1.54) is 6.42 Å². The lowest BCUT2D eigenvalue weighted by Crippen LogP contribution is -2.03. The van der Waals surface area contributed by atoms with Crippen LogP contribution in [0.4, 0.5) is 0 Å². The Morgan fingerprint density at radius 3 is 2.87 bits per heavy atom. The largest absolute Gasteiger partial charge is 0.385 e. The number of ether oxygens (including phenoxy) is 1. The maximum atomic E-state index is 5.16. The zero-order valence-electron chi connectivity index (χ0n) is 9.45. The molecule has 0 saturated heterocycles. The first kappa shape index (κ1) is 12.4. The molecular weight excluding hydrogens is 210 g/mol. The number of aromatic amines is 1. The summed E-state index contributed by atoms with van der Waals surface area (Å²) in [5, 5.41) is 7.00. The van der Waals surface area contributed by atoms with Crippen molar-refractivity contribution in [2.24, 2.45) is 0 Å². The van der Waals surface area contributed by atoms with E-state index in [1.807, 2.05) is 0 Å². The average molecular weight is 229 g/mol. The summed E-state index contributed by atoms with van der Waals surface area (Å²) in [4.78, 5) is 0. The van der Waals surface area contributed by atoms with Crippen LogP contribution in [0.25, 0.3) is 0 Å². The Bertz CT molecular complexity index is 332. The van der Waals surface area contributed by atoms with E-state index in [4.69, 9.17) is 17.0 Å². The van der Waals surface area contributed by atoms with E-state index >= 15 is 0 Å². The minimum Gasteiger partial charge on any atom is -0.385 e. The summed E-state index contributed by atoms with van der Waals surface area (Å²) in [6.45, 7) is 3.89. The Kier molecular flexibility index (Phi) is 5.57. The van der Waals surface area contributed by atoms with Gasteiger partial charge in [-0.05, 0) is 31.5 Å². The van der Waals surface area contributed by atoms with Gasteiger partial charge in [-0.15, -0.1) is 0 Å². The zero-order valence-corrected chi connectivity index (χ0v) is 10.3. The molecule has 0 aromatic carbocycles. The van der Waals surface area contributed by atoms with Crippen molar-refractivity contribution in [2.75, 3.05) is 13.7 Å². The molecule has 1 aromatic heterocycles. The molecule has 1 heterocycles. The molecule has 0 atom stereocenters. The Labute approximate surface area is 95.7 Å². The number of rotatable bonds is 7. The van der Waals surface area contributed by atoms with E-state index < -0.39 is 0 Å². The standard InChI is InChI=1S/C10H19N3OS/c1-3-9-11-12-10(15)13(9)7-5-4-6-8-14-2/h3-8H2,1-2H3,(H,12,15). The van der Waals surface area contributed by atoms with Gasteiger partial charge in [0.2, 0.25) is 0 Å². The molecule has 0 fully saturated rings. The minimum absolute atomic E-state index is 0.735. The first-order chi connectivity index (χ1) is 7.29. The van der Waals surface area contributed by atoms with Crippen LogP contribution in [0.1, 0.15) is 32.0 Å². The Morgan fingerprint density at radius 2 is 2.20 bits per heavy atom. The van der Waals surface area contributed by atoms with E-state index in [0.29, 0.717) is 0 Å². The first-order valence-electron chi connectivity index (χ1n) is 5.42. The Balaban J connectivity index is 2.36. The second-order valence-corrected chi connectivity index (χ2v) is 3.89. The van der Waals surface area contributed by atoms with Crippen LogP contribution in [-0.4, -0.2) is 28.5 Å². The SMILES string of the molecule is CCc1n[nH]c(=S)n1CCCCCOC. The molecule has 0 bridgehead atoms. The van der Waals surface area contributed by atoms with E-state index in [0.717, 1.165) is 43.0 Å². The van der Waals surface area contributed by atoms with E-state index in [1.54, 1.807) is 7.11 Å². The molecule has 0 aliphatic carbocycles. The monoisotopic (exact) mass is 229 g/mol. The summed E-state index contributed by atoms with van der Waals surface area (Å²) >= 11 is 5.16. The normalized spacial score (nSPS) is 10.8. The van der Waals surface area contributed by atoms with E-state index in [-0.39, 0.29) is 0 Å². The van der Waals surface area contributed by atoms with Crippen molar-refractivity contribution >= 4 is 12.2 Å².